The Balaban J connectivity index is 1.73. The number of halogens is 1. The lowest BCUT2D eigenvalue weighted by atomic mass is 10.2. The Morgan fingerprint density at radius 3 is 2.65 bits per heavy atom. The zero-order valence-electron chi connectivity index (χ0n) is 11.7. The smallest absolute Gasteiger partial charge is 0.310 e. The Morgan fingerprint density at radius 1 is 1.17 bits per heavy atom. The van der Waals surface area contributed by atoms with Crippen LogP contribution < -0.4 is 4.74 Å². The molecular formula is C15H10FN3O4. The van der Waals surface area contributed by atoms with E-state index in [1.807, 2.05) is 0 Å². The van der Waals surface area contributed by atoms with Gasteiger partial charge in [0.1, 0.15) is 5.82 Å². The Hall–Kier alpha value is -3.29. The summed E-state index contributed by atoms with van der Waals surface area (Å²) in [6.07, 6.45) is 0. The zero-order valence-corrected chi connectivity index (χ0v) is 11.7. The first-order valence-electron chi connectivity index (χ1n) is 6.58. The highest BCUT2D eigenvalue weighted by Crippen LogP contribution is 2.26. The van der Waals surface area contributed by atoms with Crippen LogP contribution in [0.1, 0.15) is 5.89 Å². The summed E-state index contributed by atoms with van der Waals surface area (Å²) in [5.41, 5.74) is 0.442. The van der Waals surface area contributed by atoms with Crippen LogP contribution in [0, 0.1) is 15.9 Å². The number of hydrogen-bond acceptors (Lipinski definition) is 6. The molecule has 7 nitrogen and oxygen atoms in total. The minimum Gasteiger partial charge on any atom is -0.477 e. The molecule has 3 rings (SSSR count). The summed E-state index contributed by atoms with van der Waals surface area (Å²) in [4.78, 5) is 14.5. The molecule has 0 atom stereocenters. The molecule has 0 saturated heterocycles. The van der Waals surface area contributed by atoms with Crippen molar-refractivity contribution < 1.29 is 18.6 Å². The maximum atomic E-state index is 12.9. The van der Waals surface area contributed by atoms with Gasteiger partial charge in [-0.3, -0.25) is 10.1 Å². The van der Waals surface area contributed by atoms with E-state index in [0.717, 1.165) is 0 Å². The first kappa shape index (κ1) is 14.6. The van der Waals surface area contributed by atoms with Gasteiger partial charge in [-0.15, -0.1) is 0 Å². The van der Waals surface area contributed by atoms with E-state index in [4.69, 9.17) is 9.26 Å². The summed E-state index contributed by atoms with van der Waals surface area (Å²) in [6, 6.07) is 11.6. The van der Waals surface area contributed by atoms with Gasteiger partial charge < -0.3 is 9.26 Å². The van der Waals surface area contributed by atoms with E-state index in [1.54, 1.807) is 12.1 Å². The van der Waals surface area contributed by atoms with Gasteiger partial charge in [0.25, 0.3) is 5.89 Å². The molecule has 1 heterocycles. The second-order valence-electron chi connectivity index (χ2n) is 4.53. The summed E-state index contributed by atoms with van der Waals surface area (Å²) in [5, 5.41) is 14.7. The van der Waals surface area contributed by atoms with E-state index < -0.39 is 4.92 Å². The van der Waals surface area contributed by atoms with Crippen LogP contribution in [-0.2, 0) is 6.61 Å². The fraction of sp³-hybridized carbons (Fsp3) is 0.0667. The van der Waals surface area contributed by atoms with E-state index in [2.05, 4.69) is 10.1 Å². The molecular weight excluding hydrogens is 305 g/mol. The van der Waals surface area contributed by atoms with Gasteiger partial charge in [0.15, 0.2) is 12.4 Å². The van der Waals surface area contributed by atoms with Crippen LogP contribution in [0.2, 0.25) is 0 Å². The van der Waals surface area contributed by atoms with Crippen molar-refractivity contribution in [3.8, 4) is 17.1 Å². The fourth-order valence-electron chi connectivity index (χ4n) is 1.90. The number of hydrogen-bond donors (Lipinski definition) is 0. The highest BCUT2D eigenvalue weighted by atomic mass is 19.1. The zero-order chi connectivity index (χ0) is 16.2. The number of nitro groups is 1. The molecule has 0 aliphatic carbocycles. The van der Waals surface area contributed by atoms with Crippen LogP contribution >= 0.6 is 0 Å². The van der Waals surface area contributed by atoms with E-state index in [0.29, 0.717) is 5.56 Å². The molecule has 0 saturated carbocycles. The number of benzene rings is 2. The molecule has 116 valence electrons. The molecule has 0 bridgehead atoms. The summed E-state index contributed by atoms with van der Waals surface area (Å²) in [7, 11) is 0. The lowest BCUT2D eigenvalue weighted by molar-refractivity contribution is -0.386. The van der Waals surface area contributed by atoms with Gasteiger partial charge in [-0.1, -0.05) is 17.3 Å². The highest BCUT2D eigenvalue weighted by Gasteiger charge is 2.15. The highest BCUT2D eigenvalue weighted by molar-refractivity contribution is 5.53. The van der Waals surface area contributed by atoms with Crippen molar-refractivity contribution in [1.82, 2.24) is 10.1 Å². The number of aromatic nitrogens is 2. The van der Waals surface area contributed by atoms with Crippen molar-refractivity contribution in [3.63, 3.8) is 0 Å². The average Bonchev–Trinajstić information content (AvgIpc) is 3.03. The fourth-order valence-corrected chi connectivity index (χ4v) is 1.90. The van der Waals surface area contributed by atoms with Crippen LogP contribution in [0.5, 0.6) is 5.75 Å². The van der Waals surface area contributed by atoms with Crippen LogP contribution in [0.25, 0.3) is 11.4 Å². The van der Waals surface area contributed by atoms with Gasteiger partial charge in [0.05, 0.1) is 4.92 Å². The number of ether oxygens (including phenoxy) is 1. The van der Waals surface area contributed by atoms with Crippen LogP contribution in [0.15, 0.2) is 53.1 Å². The van der Waals surface area contributed by atoms with E-state index in [-0.39, 0.29) is 35.6 Å². The average molecular weight is 315 g/mol. The van der Waals surface area contributed by atoms with Gasteiger partial charge >= 0.3 is 5.69 Å². The standard InChI is InChI=1S/C15H10FN3O4/c16-11-7-5-10(6-8-11)15-17-14(23-18-15)9-22-13-4-2-1-3-12(13)19(20)21/h1-8H,9H2. The summed E-state index contributed by atoms with van der Waals surface area (Å²) >= 11 is 0. The Morgan fingerprint density at radius 2 is 1.91 bits per heavy atom. The molecule has 0 fully saturated rings. The maximum Gasteiger partial charge on any atom is 0.310 e. The van der Waals surface area contributed by atoms with Gasteiger partial charge in [-0.25, -0.2) is 4.39 Å². The van der Waals surface area contributed by atoms with Gasteiger partial charge in [0.2, 0.25) is 5.82 Å². The van der Waals surface area contributed by atoms with Crippen molar-refractivity contribution in [3.05, 3.63) is 70.4 Å². The second-order valence-corrected chi connectivity index (χ2v) is 4.53. The molecule has 23 heavy (non-hydrogen) atoms. The van der Waals surface area contributed by atoms with Crippen LogP contribution in [-0.4, -0.2) is 15.1 Å². The van der Waals surface area contributed by atoms with Crippen molar-refractivity contribution >= 4 is 5.69 Å². The molecule has 0 unspecified atom stereocenters. The molecule has 2 aromatic carbocycles. The Kier molecular flexibility index (Phi) is 3.96. The molecule has 0 aliphatic heterocycles. The first-order valence-corrected chi connectivity index (χ1v) is 6.58. The Labute approximate surface area is 129 Å². The predicted octanol–water partition coefficient (Wildman–Crippen LogP) is 3.36. The SMILES string of the molecule is O=[N+]([O-])c1ccccc1OCc1nc(-c2ccc(F)cc2)no1. The van der Waals surface area contributed by atoms with Crippen LogP contribution in [0.3, 0.4) is 0 Å². The molecule has 1 aromatic heterocycles. The van der Waals surface area contributed by atoms with Crippen molar-refractivity contribution in [1.29, 1.82) is 0 Å². The first-order chi connectivity index (χ1) is 11.1. The van der Waals surface area contributed by atoms with E-state index in [9.17, 15) is 14.5 Å². The third-order valence-corrected chi connectivity index (χ3v) is 2.98. The molecule has 0 aliphatic rings. The minimum atomic E-state index is -0.535. The molecule has 0 amide bonds. The molecule has 0 radical (unpaired) electrons. The van der Waals surface area contributed by atoms with Gasteiger partial charge in [-0.2, -0.15) is 4.98 Å². The molecule has 0 spiro atoms. The molecule has 0 N–H and O–H groups in total. The lowest BCUT2D eigenvalue weighted by Crippen LogP contribution is -1.99. The maximum absolute atomic E-state index is 12.9. The summed E-state index contributed by atoms with van der Waals surface area (Å²) < 4.78 is 23.3. The predicted molar refractivity (Wildman–Crippen MR) is 77.1 cm³/mol. The van der Waals surface area contributed by atoms with Crippen molar-refractivity contribution in [2.75, 3.05) is 0 Å². The summed E-state index contributed by atoms with van der Waals surface area (Å²) in [5.74, 6) is 0.185. The number of nitrogens with zero attached hydrogens (tertiary/aromatic N) is 3. The van der Waals surface area contributed by atoms with Crippen molar-refractivity contribution in [2.45, 2.75) is 6.61 Å². The van der Waals surface area contributed by atoms with Crippen molar-refractivity contribution in [2.24, 2.45) is 0 Å². The van der Waals surface area contributed by atoms with Gasteiger partial charge in [0, 0.05) is 11.6 Å². The monoisotopic (exact) mass is 315 g/mol. The normalized spacial score (nSPS) is 10.5. The quantitative estimate of drug-likeness (QED) is 0.529. The third kappa shape index (κ3) is 3.31. The van der Waals surface area contributed by atoms with E-state index >= 15 is 0 Å². The number of nitro benzene ring substituents is 1. The molecule has 8 heteroatoms. The second kappa shape index (κ2) is 6.22. The number of rotatable bonds is 5. The topological polar surface area (TPSA) is 91.3 Å². The molecule has 3 aromatic rings. The van der Waals surface area contributed by atoms with E-state index in [1.165, 1.54) is 36.4 Å². The largest absolute Gasteiger partial charge is 0.477 e. The lowest BCUT2D eigenvalue weighted by Gasteiger charge is -2.03. The third-order valence-electron chi connectivity index (χ3n) is 2.98. The summed E-state index contributed by atoms with van der Waals surface area (Å²) in [6.45, 7) is -0.112. The Bertz CT molecular complexity index is 833. The van der Waals surface area contributed by atoms with Gasteiger partial charge in [-0.05, 0) is 30.3 Å². The number of para-hydroxylation sites is 2. The minimum absolute atomic E-state index is 0.110. The van der Waals surface area contributed by atoms with Crippen LogP contribution in [0.4, 0.5) is 10.1 Å².